The molecule has 0 unspecified atom stereocenters. The number of H-pyrrole nitrogens is 1. The molecule has 13 nitrogen and oxygen atoms in total. The van der Waals surface area contributed by atoms with Crippen LogP contribution in [0.2, 0.25) is 0 Å². The standard InChI is InChI=1S/C42H52N6O7/c1-24(2)45-38(50)30-16-17-32(25(3)18-30)28-12-8-26(9-13-28)19-36(39(51)46-31-20-33(40(52)54-7)34-23-44-48-35(34)21-31)47-37(49)29-14-10-27(11-15-29)22-43-41(53)55-42(4,5)6/h8-9,12-13,16-18,20-21,23-24,27,29,36H,10-11,14-15,19,22H2,1-7H3,(H,43,53)(H,44,48)(H,45,50)(H,46,51)(H,47,49)/t27?,29?,36-/m0/s1. The molecule has 1 atom stereocenters. The van der Waals surface area contributed by atoms with Crippen molar-refractivity contribution < 1.29 is 33.4 Å². The maximum atomic E-state index is 14.0. The number of amides is 4. The Kier molecular flexibility index (Phi) is 13.0. The van der Waals surface area contributed by atoms with Crippen LogP contribution in [0.3, 0.4) is 0 Å². The minimum Gasteiger partial charge on any atom is -0.465 e. The van der Waals surface area contributed by atoms with Crippen molar-refractivity contribution in [3.63, 3.8) is 0 Å². The van der Waals surface area contributed by atoms with Crippen LogP contribution in [0.1, 0.15) is 92.1 Å². The van der Waals surface area contributed by atoms with Crippen LogP contribution in [0.25, 0.3) is 22.0 Å². The Morgan fingerprint density at radius 1 is 0.927 bits per heavy atom. The number of anilines is 1. The quantitative estimate of drug-likeness (QED) is 0.102. The van der Waals surface area contributed by atoms with E-state index < -0.39 is 29.6 Å². The summed E-state index contributed by atoms with van der Waals surface area (Å²) < 4.78 is 10.3. The van der Waals surface area contributed by atoms with Gasteiger partial charge in [0.2, 0.25) is 11.8 Å². The lowest BCUT2D eigenvalue weighted by atomic mass is 9.81. The number of benzene rings is 3. The van der Waals surface area contributed by atoms with E-state index in [9.17, 15) is 24.0 Å². The van der Waals surface area contributed by atoms with Crippen molar-refractivity contribution in [3.05, 3.63) is 83.0 Å². The minimum absolute atomic E-state index is 0.0304. The van der Waals surface area contributed by atoms with Gasteiger partial charge >= 0.3 is 12.1 Å². The van der Waals surface area contributed by atoms with Crippen LogP contribution in [0.15, 0.2) is 60.8 Å². The Hall–Kier alpha value is -5.72. The summed E-state index contributed by atoms with van der Waals surface area (Å²) >= 11 is 0. The van der Waals surface area contributed by atoms with Crippen LogP contribution in [-0.2, 0) is 25.5 Å². The Labute approximate surface area is 321 Å². The molecule has 1 aromatic heterocycles. The SMILES string of the molecule is COC(=O)c1cc(NC(=O)[C@H](Cc2ccc(-c3ccc(C(=O)NC(C)C)cc3C)cc2)NC(=O)C2CCC(CNC(=O)OC(C)(C)C)CC2)cc2[nH]ncc12. The van der Waals surface area contributed by atoms with Gasteiger partial charge in [0.1, 0.15) is 11.6 Å². The van der Waals surface area contributed by atoms with Crippen molar-refractivity contribution >= 4 is 46.4 Å². The van der Waals surface area contributed by atoms with E-state index in [0.29, 0.717) is 41.5 Å². The fourth-order valence-corrected chi connectivity index (χ4v) is 6.83. The number of nitrogens with zero attached hydrogens (tertiary/aromatic N) is 1. The molecule has 0 saturated heterocycles. The first-order valence-electron chi connectivity index (χ1n) is 18.7. The van der Waals surface area contributed by atoms with Crippen molar-refractivity contribution in [1.29, 1.82) is 0 Å². The molecular weight excluding hydrogens is 700 g/mol. The highest BCUT2D eigenvalue weighted by atomic mass is 16.6. The smallest absolute Gasteiger partial charge is 0.407 e. The van der Waals surface area contributed by atoms with Gasteiger partial charge in [-0.15, -0.1) is 0 Å². The van der Waals surface area contributed by atoms with E-state index in [0.717, 1.165) is 35.1 Å². The maximum absolute atomic E-state index is 14.0. The second kappa shape index (κ2) is 17.6. The molecule has 0 aliphatic heterocycles. The van der Waals surface area contributed by atoms with Crippen molar-refractivity contribution in [3.8, 4) is 11.1 Å². The lowest BCUT2D eigenvalue weighted by molar-refractivity contribution is -0.130. The Morgan fingerprint density at radius 2 is 1.64 bits per heavy atom. The topological polar surface area (TPSA) is 181 Å². The Morgan fingerprint density at radius 3 is 2.27 bits per heavy atom. The molecule has 1 aliphatic rings. The molecular formula is C42H52N6O7. The third-order valence-corrected chi connectivity index (χ3v) is 9.63. The van der Waals surface area contributed by atoms with Crippen LogP contribution in [-0.4, -0.2) is 71.3 Å². The number of alkyl carbamates (subject to hydrolysis) is 1. The number of fused-ring (bicyclic) bond motifs is 1. The van der Waals surface area contributed by atoms with Crippen LogP contribution >= 0.6 is 0 Å². The van der Waals surface area contributed by atoms with Gasteiger partial charge in [-0.1, -0.05) is 30.3 Å². The van der Waals surface area contributed by atoms with Crippen molar-refractivity contribution in [2.75, 3.05) is 19.0 Å². The van der Waals surface area contributed by atoms with Gasteiger partial charge in [0, 0.05) is 41.6 Å². The number of nitrogens with one attached hydrogen (secondary N) is 5. The van der Waals surface area contributed by atoms with Gasteiger partial charge in [-0.2, -0.15) is 5.10 Å². The Bertz CT molecular complexity index is 2020. The molecule has 0 radical (unpaired) electrons. The van der Waals surface area contributed by atoms with Crippen molar-refractivity contribution in [1.82, 2.24) is 26.1 Å². The Balaban J connectivity index is 1.31. The number of methoxy groups -OCH3 is 1. The molecule has 4 aromatic rings. The first kappa shape index (κ1) is 40.5. The zero-order valence-corrected chi connectivity index (χ0v) is 32.6. The predicted octanol–water partition coefficient (Wildman–Crippen LogP) is 6.46. The van der Waals surface area contributed by atoms with Gasteiger partial charge in [0.05, 0.1) is 24.4 Å². The molecule has 3 aromatic carbocycles. The van der Waals surface area contributed by atoms with Gasteiger partial charge in [-0.25, -0.2) is 9.59 Å². The van der Waals surface area contributed by atoms with E-state index in [4.69, 9.17) is 9.47 Å². The molecule has 0 bridgehead atoms. The molecule has 5 N–H and O–H groups in total. The van der Waals surface area contributed by atoms with Crippen LogP contribution in [0, 0.1) is 18.8 Å². The summed E-state index contributed by atoms with van der Waals surface area (Å²) in [5.41, 5.74) is 4.82. The van der Waals surface area contributed by atoms with Crippen molar-refractivity contribution in [2.45, 2.75) is 91.3 Å². The number of aryl methyl sites for hydroxylation is 1. The van der Waals surface area contributed by atoms with Gasteiger partial charge in [-0.05, 0) is 120 Å². The maximum Gasteiger partial charge on any atom is 0.407 e. The normalized spacial score (nSPS) is 16.2. The summed E-state index contributed by atoms with van der Waals surface area (Å²) in [5, 5.41) is 19.1. The minimum atomic E-state index is -0.940. The van der Waals surface area contributed by atoms with E-state index in [1.165, 1.54) is 19.4 Å². The molecule has 1 heterocycles. The number of hydrogen-bond acceptors (Lipinski definition) is 8. The number of aromatic amines is 1. The fourth-order valence-electron chi connectivity index (χ4n) is 6.83. The number of rotatable bonds is 12. The van der Waals surface area contributed by atoms with E-state index in [-0.39, 0.29) is 41.7 Å². The monoisotopic (exact) mass is 752 g/mol. The number of aromatic nitrogens is 2. The third-order valence-electron chi connectivity index (χ3n) is 9.63. The summed E-state index contributed by atoms with van der Waals surface area (Å²) in [6.07, 6.45) is 3.99. The largest absolute Gasteiger partial charge is 0.465 e. The van der Waals surface area contributed by atoms with E-state index in [1.54, 1.807) is 12.1 Å². The van der Waals surface area contributed by atoms with Gasteiger partial charge < -0.3 is 30.7 Å². The molecule has 1 saturated carbocycles. The first-order valence-corrected chi connectivity index (χ1v) is 18.7. The van der Waals surface area contributed by atoms with Crippen molar-refractivity contribution in [2.24, 2.45) is 11.8 Å². The number of ether oxygens (including phenoxy) is 2. The lowest BCUT2D eigenvalue weighted by Gasteiger charge is -2.29. The first-order chi connectivity index (χ1) is 26.1. The zero-order chi connectivity index (χ0) is 39.9. The van der Waals surface area contributed by atoms with Gasteiger partial charge in [0.25, 0.3) is 5.91 Å². The molecule has 4 amide bonds. The van der Waals surface area contributed by atoms with E-state index in [1.807, 2.05) is 77.9 Å². The molecule has 292 valence electrons. The predicted molar refractivity (Wildman–Crippen MR) is 211 cm³/mol. The van der Waals surface area contributed by atoms with Crippen LogP contribution < -0.4 is 21.3 Å². The second-order valence-corrected chi connectivity index (χ2v) is 15.6. The van der Waals surface area contributed by atoms with E-state index >= 15 is 0 Å². The average Bonchev–Trinajstić information content (AvgIpc) is 3.61. The van der Waals surface area contributed by atoms with E-state index in [2.05, 4.69) is 31.5 Å². The summed E-state index contributed by atoms with van der Waals surface area (Å²) in [7, 11) is 1.28. The highest BCUT2D eigenvalue weighted by molar-refractivity contribution is 6.07. The highest BCUT2D eigenvalue weighted by Crippen LogP contribution is 2.30. The summed E-state index contributed by atoms with van der Waals surface area (Å²) in [6.45, 7) is 11.7. The number of hydrogen-bond donors (Lipinski definition) is 5. The highest BCUT2D eigenvalue weighted by Gasteiger charge is 2.31. The van der Waals surface area contributed by atoms with Gasteiger partial charge in [-0.3, -0.25) is 19.5 Å². The fraction of sp³-hybridized carbons (Fsp3) is 0.429. The summed E-state index contributed by atoms with van der Waals surface area (Å²) in [5.74, 6) is -1.45. The number of carbonyl (C=O) groups excluding carboxylic acids is 5. The molecule has 1 fully saturated rings. The van der Waals surface area contributed by atoms with Crippen LogP contribution in [0.4, 0.5) is 10.5 Å². The molecule has 13 heteroatoms. The third kappa shape index (κ3) is 10.9. The zero-order valence-electron chi connectivity index (χ0n) is 32.6. The number of esters is 1. The molecule has 5 rings (SSSR count). The second-order valence-electron chi connectivity index (χ2n) is 15.6. The van der Waals surface area contributed by atoms with Gasteiger partial charge in [0.15, 0.2) is 0 Å². The molecule has 1 aliphatic carbocycles. The average molecular weight is 753 g/mol. The van der Waals surface area contributed by atoms with Crippen LogP contribution in [0.5, 0.6) is 0 Å². The summed E-state index contributed by atoms with van der Waals surface area (Å²) in [4.78, 5) is 65.0. The molecule has 0 spiro atoms. The number of carbonyl (C=O) groups is 5. The summed E-state index contributed by atoms with van der Waals surface area (Å²) in [6, 6.07) is 15.7. The lowest BCUT2D eigenvalue weighted by Crippen LogP contribution is -2.48. The molecule has 55 heavy (non-hydrogen) atoms.